The molecule has 0 bridgehead atoms. The molecular weight excluding hydrogens is 1030 g/mol. The fraction of sp³-hybridized carbons (Fsp3) is 0.367. The number of halogens is 4. The molecule has 0 amide bonds. The summed E-state index contributed by atoms with van der Waals surface area (Å²) < 4.78 is 0. The summed E-state index contributed by atoms with van der Waals surface area (Å²) in [6.07, 6.45) is 3.22. The third-order valence-corrected chi connectivity index (χ3v) is 12.4. The molecule has 0 aliphatic heterocycles. The molecule has 0 atom stereocenters. The Kier molecular flexibility index (Phi) is 28.7. The molecule has 0 aliphatic rings. The summed E-state index contributed by atoms with van der Waals surface area (Å²) in [5.41, 5.74) is 8.36. The maximum Gasteiger partial charge on any atom is 2.00 e. The fourth-order valence-electron chi connectivity index (χ4n) is 7.02. The smallest absolute Gasteiger partial charge is 0.871 e. The van der Waals surface area contributed by atoms with Gasteiger partial charge in [0, 0.05) is 43.4 Å². The maximum absolute atomic E-state index is 13.0. The minimum atomic E-state index is -0.262. The Morgan fingerprint density at radius 3 is 1.00 bits per heavy atom. The van der Waals surface area contributed by atoms with E-state index < -0.39 is 0 Å². The zero-order chi connectivity index (χ0) is 54.2. The second-order valence-electron chi connectivity index (χ2n) is 22.0. The molecule has 74 heavy (non-hydrogen) atoms. The number of rotatable bonds is 10. The van der Waals surface area contributed by atoms with Gasteiger partial charge in [0.15, 0.2) is 25.5 Å². The molecule has 0 spiro atoms. The van der Waals surface area contributed by atoms with Gasteiger partial charge < -0.3 is 31.1 Å². The van der Waals surface area contributed by atoms with Crippen molar-refractivity contribution >= 4 is 116 Å². The summed E-state index contributed by atoms with van der Waals surface area (Å²) in [6.45, 7) is 31.9. The summed E-state index contributed by atoms with van der Waals surface area (Å²) >= 11 is 23.6. The van der Waals surface area contributed by atoms with E-state index in [1.165, 1.54) is 23.3 Å². The van der Waals surface area contributed by atoms with Crippen LogP contribution in [0.3, 0.4) is 0 Å². The van der Waals surface area contributed by atoms with Crippen molar-refractivity contribution in [3.8, 4) is 23.0 Å². The van der Waals surface area contributed by atoms with Gasteiger partial charge in [0.2, 0.25) is 0 Å². The Bertz CT molecular complexity index is 2560. The third kappa shape index (κ3) is 23.0. The Morgan fingerprint density at radius 1 is 0.432 bits per heavy atom. The topological polar surface area (TPSA) is 153 Å². The van der Waals surface area contributed by atoms with E-state index >= 15 is 0 Å². The van der Waals surface area contributed by atoms with Gasteiger partial charge in [-0.1, -0.05) is 225 Å². The minimum absolute atomic E-state index is 0. The number of nitrogens with two attached hydrogens (primary N) is 2. The second kappa shape index (κ2) is 31.0. The quantitative estimate of drug-likeness (QED) is 0.0487. The van der Waals surface area contributed by atoms with Crippen LogP contribution >= 0.6 is 46.4 Å². The zero-order valence-corrected chi connectivity index (χ0v) is 51.9. The van der Waals surface area contributed by atoms with Crippen molar-refractivity contribution < 1.29 is 41.0 Å². The van der Waals surface area contributed by atoms with E-state index in [9.17, 15) is 20.4 Å². The predicted octanol–water partition coefficient (Wildman–Crippen LogP) is 7.49. The van der Waals surface area contributed by atoms with Crippen LogP contribution in [-0.2, 0) is 21.7 Å². The standard InChI is InChI=1S/2C23H30Cl2N2O2.2C7H8.2Mg/c2*1-22(2,3)15-10-17(23(4,5)6)21(29)19(11-15)27-8-7-26-13-14-9-16(24)12-18(25)20(14)28;2*1-7-5-3-2-4-6-7;;/h2*9-13,27-29H,7-8H2,1-6H3;2*2-6H,1H3;;/q;;;;2*+2. The Balaban J connectivity index is 0.000000571. The normalized spacial score (nSPS) is 11.6. The molecule has 6 aromatic carbocycles. The Morgan fingerprint density at radius 2 is 0.743 bits per heavy atom. The van der Waals surface area contributed by atoms with Crippen LogP contribution in [0, 0.1) is 13.8 Å². The number of hydrogen-bond acceptors (Lipinski definition) is 4. The van der Waals surface area contributed by atoms with Crippen molar-refractivity contribution in [2.45, 2.75) is 119 Å². The van der Waals surface area contributed by atoms with Gasteiger partial charge >= 0.3 is 46.1 Å². The minimum Gasteiger partial charge on any atom is -0.871 e. The van der Waals surface area contributed by atoms with Crippen molar-refractivity contribution in [1.82, 2.24) is 0 Å². The van der Waals surface area contributed by atoms with Gasteiger partial charge in [0.25, 0.3) is 0 Å². The van der Waals surface area contributed by atoms with Crippen LogP contribution in [0.15, 0.2) is 109 Å². The molecule has 6 rings (SSSR count). The molecule has 0 radical (unpaired) electrons. The van der Waals surface area contributed by atoms with Crippen LogP contribution in [0.25, 0.3) is 0 Å². The van der Waals surface area contributed by atoms with Crippen LogP contribution in [-0.4, -0.2) is 84.7 Å². The molecule has 0 aliphatic carbocycles. The first-order chi connectivity index (χ1) is 33.4. The third-order valence-electron chi connectivity index (χ3n) is 11.4. The molecule has 0 fully saturated rings. The SMILES string of the molecule is CC(C)(C)c1cc([NH2+]CC[NH+]=Cc2cc(Cl)cc(Cl)c2[O-])c([O-])c(C(C)(C)C)c1.CC(C)(C)c1cc([NH2+]CC[NH+]=Cc2cc(Cl)cc(Cl)c2[O-])c([O-])c(C(C)(C)C)c1.Cc1ccccc1.Cc1ccccc1.[Mg+2].[Mg+2]. The maximum atomic E-state index is 13.0. The van der Waals surface area contributed by atoms with E-state index in [0.29, 0.717) is 47.4 Å². The van der Waals surface area contributed by atoms with Crippen LogP contribution in [0.2, 0.25) is 20.1 Å². The van der Waals surface area contributed by atoms with Gasteiger partial charge in [0.05, 0.1) is 0 Å². The molecule has 0 aromatic heterocycles. The molecule has 8 nitrogen and oxygen atoms in total. The first-order valence-electron chi connectivity index (χ1n) is 24.3. The monoisotopic (exact) mass is 1100 g/mol. The van der Waals surface area contributed by atoms with Crippen molar-refractivity contribution in [1.29, 1.82) is 0 Å². The van der Waals surface area contributed by atoms with Gasteiger partial charge in [-0.25, -0.2) is 9.98 Å². The number of nitrogens with one attached hydrogen (secondary N) is 2. The summed E-state index contributed by atoms with van der Waals surface area (Å²) in [5.74, 6) is -0.361. The van der Waals surface area contributed by atoms with E-state index in [2.05, 4.69) is 131 Å². The van der Waals surface area contributed by atoms with E-state index in [4.69, 9.17) is 46.4 Å². The van der Waals surface area contributed by atoms with Gasteiger partial charge in [-0.2, -0.15) is 0 Å². The van der Waals surface area contributed by atoms with Gasteiger partial charge in [0.1, 0.15) is 24.5 Å². The molecule has 388 valence electrons. The van der Waals surface area contributed by atoms with Crippen molar-refractivity contribution in [3.63, 3.8) is 0 Å². The zero-order valence-electron chi connectivity index (χ0n) is 46.1. The average molecular weight is 1110 g/mol. The molecular formula is C60H76Cl4Mg2N4O4+4. The molecule has 6 N–H and O–H groups in total. The van der Waals surface area contributed by atoms with Crippen molar-refractivity contribution in [2.75, 3.05) is 26.2 Å². The number of benzene rings is 6. The van der Waals surface area contributed by atoms with Crippen LogP contribution < -0.4 is 41.0 Å². The predicted molar refractivity (Wildman–Crippen MR) is 307 cm³/mol. The van der Waals surface area contributed by atoms with Crippen molar-refractivity contribution in [3.05, 3.63) is 174 Å². The summed E-state index contributed by atoms with van der Waals surface area (Å²) in [4.78, 5) is 6.20. The van der Waals surface area contributed by atoms with Crippen LogP contribution in [0.1, 0.15) is 128 Å². The number of quaternary nitrogens is 2. The average Bonchev–Trinajstić information content (AvgIpc) is 3.27. The Labute approximate surface area is 494 Å². The van der Waals surface area contributed by atoms with E-state index in [0.717, 1.165) is 33.6 Å². The fourth-order valence-corrected chi connectivity index (χ4v) is 8.03. The van der Waals surface area contributed by atoms with E-state index in [-0.39, 0.29) is 101 Å². The molecule has 0 heterocycles. The largest absolute Gasteiger partial charge is 2.00 e. The number of hydrogen-bond donors (Lipinski definition) is 4. The molecule has 0 saturated heterocycles. The van der Waals surface area contributed by atoms with Gasteiger partial charge in [-0.15, -0.1) is 0 Å². The summed E-state index contributed by atoms with van der Waals surface area (Å²) in [5, 5.41) is 54.9. The summed E-state index contributed by atoms with van der Waals surface area (Å²) in [6, 6.07) is 34.6. The van der Waals surface area contributed by atoms with Crippen LogP contribution in [0.4, 0.5) is 11.4 Å². The van der Waals surface area contributed by atoms with Crippen LogP contribution in [0.5, 0.6) is 23.0 Å². The summed E-state index contributed by atoms with van der Waals surface area (Å²) in [7, 11) is 0. The second-order valence-corrected chi connectivity index (χ2v) is 23.7. The van der Waals surface area contributed by atoms with Gasteiger partial charge in [-0.3, -0.25) is 0 Å². The molecule has 0 saturated carbocycles. The number of aryl methyl sites for hydroxylation is 2. The van der Waals surface area contributed by atoms with Crippen molar-refractivity contribution in [2.24, 2.45) is 0 Å². The first kappa shape index (κ1) is 68.5. The van der Waals surface area contributed by atoms with E-state index in [1.807, 2.05) is 71.3 Å². The molecule has 14 heteroatoms. The van der Waals surface area contributed by atoms with Gasteiger partial charge in [-0.05, 0) is 93.5 Å². The molecule has 6 aromatic rings. The van der Waals surface area contributed by atoms with E-state index in [1.54, 1.807) is 24.6 Å². The Hall–Kier alpha value is -3.53. The first-order valence-corrected chi connectivity index (χ1v) is 25.8. The molecule has 0 unspecified atom stereocenters.